The van der Waals surface area contributed by atoms with Crippen molar-refractivity contribution in [1.29, 1.82) is 0 Å². The number of nitrogens with one attached hydrogen (secondary N) is 2. The van der Waals surface area contributed by atoms with E-state index >= 15 is 0 Å². The van der Waals surface area contributed by atoms with Crippen LogP contribution in [-0.4, -0.2) is 33.3 Å². The summed E-state index contributed by atoms with van der Waals surface area (Å²) in [5, 5.41) is 3.40. The van der Waals surface area contributed by atoms with Crippen LogP contribution in [-0.2, 0) is 16.4 Å². The molecule has 21 heavy (non-hydrogen) atoms. The van der Waals surface area contributed by atoms with Gasteiger partial charge in [0.2, 0.25) is 10.0 Å². The molecule has 0 saturated carbocycles. The molecule has 1 aromatic carbocycles. The van der Waals surface area contributed by atoms with Crippen molar-refractivity contribution in [2.45, 2.75) is 44.1 Å². The minimum Gasteiger partial charge on any atom is -0.314 e. The summed E-state index contributed by atoms with van der Waals surface area (Å²) in [5.74, 6) is 0.586. The highest BCUT2D eigenvalue weighted by Gasteiger charge is 2.26. The van der Waals surface area contributed by atoms with E-state index < -0.39 is 10.0 Å². The number of hydrogen-bond donors (Lipinski definition) is 2. The van der Waals surface area contributed by atoms with Crippen molar-refractivity contribution in [2.75, 3.05) is 18.8 Å². The van der Waals surface area contributed by atoms with Gasteiger partial charge in [-0.3, -0.25) is 0 Å². The Labute approximate surface area is 127 Å². The van der Waals surface area contributed by atoms with Gasteiger partial charge in [0.1, 0.15) is 0 Å². The van der Waals surface area contributed by atoms with Gasteiger partial charge in [-0.05, 0) is 43.4 Å². The van der Waals surface area contributed by atoms with Crippen LogP contribution in [0.2, 0.25) is 0 Å². The van der Waals surface area contributed by atoms with Gasteiger partial charge in [-0.15, -0.1) is 0 Å². The molecule has 3 rings (SSSR count). The van der Waals surface area contributed by atoms with E-state index in [0.717, 1.165) is 25.8 Å². The first kappa shape index (κ1) is 15.0. The molecule has 1 heterocycles. The minimum absolute atomic E-state index is 0.235. The summed E-state index contributed by atoms with van der Waals surface area (Å²) in [6.45, 7) is 1.56. The third kappa shape index (κ3) is 3.84. The number of fused-ring (bicyclic) bond motifs is 1. The van der Waals surface area contributed by atoms with Crippen LogP contribution >= 0.6 is 0 Å². The number of rotatable bonds is 6. The smallest absolute Gasteiger partial charge is 0.211 e. The summed E-state index contributed by atoms with van der Waals surface area (Å²) in [6.07, 6.45) is 5.23. The largest absolute Gasteiger partial charge is 0.314 e. The zero-order chi connectivity index (χ0) is 14.7. The van der Waals surface area contributed by atoms with E-state index in [-0.39, 0.29) is 5.75 Å². The second kappa shape index (κ2) is 6.46. The van der Waals surface area contributed by atoms with Crippen molar-refractivity contribution in [1.82, 2.24) is 10.0 Å². The monoisotopic (exact) mass is 308 g/mol. The summed E-state index contributed by atoms with van der Waals surface area (Å²) in [6, 6.07) is 8.66. The van der Waals surface area contributed by atoms with E-state index in [2.05, 4.69) is 22.2 Å². The van der Waals surface area contributed by atoms with E-state index in [0.29, 0.717) is 18.5 Å². The predicted octanol–water partition coefficient (Wildman–Crippen LogP) is 1.78. The third-order valence-corrected chi connectivity index (χ3v) is 6.04. The van der Waals surface area contributed by atoms with Crippen molar-refractivity contribution in [3.8, 4) is 0 Å². The van der Waals surface area contributed by atoms with E-state index in [9.17, 15) is 8.42 Å². The third-order valence-electron chi connectivity index (χ3n) is 4.66. The molecule has 0 spiro atoms. The Bertz CT molecular complexity index is 580. The average Bonchev–Trinajstić information content (AvgIpc) is 2.47. The van der Waals surface area contributed by atoms with Crippen LogP contribution in [0, 0.1) is 0 Å². The lowest BCUT2D eigenvalue weighted by Crippen LogP contribution is -2.38. The van der Waals surface area contributed by atoms with E-state index in [1.54, 1.807) is 0 Å². The van der Waals surface area contributed by atoms with E-state index in [1.807, 2.05) is 12.1 Å². The van der Waals surface area contributed by atoms with Gasteiger partial charge in [0.25, 0.3) is 0 Å². The lowest BCUT2D eigenvalue weighted by molar-refractivity contribution is 0.392. The highest BCUT2D eigenvalue weighted by atomic mass is 32.2. The maximum Gasteiger partial charge on any atom is 0.211 e. The maximum absolute atomic E-state index is 12.1. The van der Waals surface area contributed by atoms with Gasteiger partial charge in [-0.25, -0.2) is 13.1 Å². The molecule has 0 aromatic heterocycles. The van der Waals surface area contributed by atoms with Crippen molar-refractivity contribution < 1.29 is 8.42 Å². The molecule has 1 aromatic rings. The molecule has 1 aliphatic heterocycles. The molecule has 5 heteroatoms. The standard InChI is InChI=1S/C16H24N2O2S/c19-21(20,10-8-15-6-3-4-9-17-15)18-12-14-11-13-5-1-2-7-16(13)14/h1-2,5,7,14-15,17-18H,3-4,6,8-12H2. The number of hydrogen-bond acceptors (Lipinski definition) is 3. The van der Waals surface area contributed by atoms with Gasteiger partial charge in [0, 0.05) is 18.5 Å². The first-order valence-corrected chi connectivity index (χ1v) is 9.58. The molecule has 116 valence electrons. The first-order chi connectivity index (χ1) is 10.1. The van der Waals surface area contributed by atoms with Crippen molar-refractivity contribution in [2.24, 2.45) is 0 Å². The fourth-order valence-corrected chi connectivity index (χ4v) is 4.51. The fourth-order valence-electron chi connectivity index (χ4n) is 3.31. The molecule has 2 aliphatic rings. The van der Waals surface area contributed by atoms with Crippen LogP contribution in [0.5, 0.6) is 0 Å². The van der Waals surface area contributed by atoms with Crippen molar-refractivity contribution >= 4 is 10.0 Å². The lowest BCUT2D eigenvalue weighted by atomic mass is 9.78. The van der Waals surface area contributed by atoms with Crippen LogP contribution in [0.15, 0.2) is 24.3 Å². The number of piperidine rings is 1. The summed E-state index contributed by atoms with van der Waals surface area (Å²) in [4.78, 5) is 0. The Morgan fingerprint density at radius 1 is 1.24 bits per heavy atom. The molecule has 1 aliphatic carbocycles. The van der Waals surface area contributed by atoms with Gasteiger partial charge < -0.3 is 5.32 Å². The topological polar surface area (TPSA) is 58.2 Å². The van der Waals surface area contributed by atoms with Gasteiger partial charge >= 0.3 is 0 Å². The SMILES string of the molecule is O=S(=O)(CCC1CCCCN1)NCC1Cc2ccccc21. The number of benzene rings is 1. The molecule has 2 atom stereocenters. The molecule has 2 N–H and O–H groups in total. The van der Waals surface area contributed by atoms with Crippen LogP contribution in [0.4, 0.5) is 0 Å². The summed E-state index contributed by atoms with van der Waals surface area (Å²) >= 11 is 0. The average molecular weight is 308 g/mol. The first-order valence-electron chi connectivity index (χ1n) is 7.92. The highest BCUT2D eigenvalue weighted by molar-refractivity contribution is 7.89. The molecule has 1 fully saturated rings. The number of sulfonamides is 1. The van der Waals surface area contributed by atoms with Crippen LogP contribution in [0.25, 0.3) is 0 Å². The van der Waals surface area contributed by atoms with Gasteiger partial charge in [-0.2, -0.15) is 0 Å². The van der Waals surface area contributed by atoms with E-state index in [1.165, 1.54) is 24.0 Å². The van der Waals surface area contributed by atoms with Crippen LogP contribution in [0.3, 0.4) is 0 Å². The molecule has 0 bridgehead atoms. The molecule has 0 radical (unpaired) electrons. The van der Waals surface area contributed by atoms with Gasteiger partial charge in [0.05, 0.1) is 5.75 Å². The zero-order valence-corrected chi connectivity index (χ0v) is 13.2. The molecular formula is C16H24N2O2S. The fraction of sp³-hybridized carbons (Fsp3) is 0.625. The summed E-state index contributed by atoms with van der Waals surface area (Å²) < 4.78 is 27.0. The minimum atomic E-state index is -3.14. The Balaban J connectivity index is 1.44. The second-order valence-electron chi connectivity index (χ2n) is 6.20. The van der Waals surface area contributed by atoms with Crippen LogP contribution in [0.1, 0.15) is 42.7 Å². The lowest BCUT2D eigenvalue weighted by Gasteiger charge is -2.30. The second-order valence-corrected chi connectivity index (χ2v) is 8.13. The quantitative estimate of drug-likeness (QED) is 0.842. The van der Waals surface area contributed by atoms with Gasteiger partial charge in [-0.1, -0.05) is 30.7 Å². The molecule has 4 nitrogen and oxygen atoms in total. The van der Waals surface area contributed by atoms with Crippen molar-refractivity contribution in [3.63, 3.8) is 0 Å². The zero-order valence-electron chi connectivity index (χ0n) is 12.3. The molecule has 1 saturated heterocycles. The molecule has 2 unspecified atom stereocenters. The Hall–Kier alpha value is -0.910. The Morgan fingerprint density at radius 2 is 2.10 bits per heavy atom. The van der Waals surface area contributed by atoms with Crippen LogP contribution < -0.4 is 10.0 Å². The Kier molecular flexibility index (Phi) is 4.62. The van der Waals surface area contributed by atoms with Crippen molar-refractivity contribution in [3.05, 3.63) is 35.4 Å². The highest BCUT2D eigenvalue weighted by Crippen LogP contribution is 2.34. The normalized spacial score (nSPS) is 25.1. The Morgan fingerprint density at radius 3 is 2.86 bits per heavy atom. The summed E-state index contributed by atoms with van der Waals surface area (Å²) in [5.41, 5.74) is 2.65. The summed E-state index contributed by atoms with van der Waals surface area (Å²) in [7, 11) is -3.14. The molecular weight excluding hydrogens is 284 g/mol. The maximum atomic E-state index is 12.1. The molecule has 0 amide bonds. The predicted molar refractivity (Wildman–Crippen MR) is 84.9 cm³/mol. The van der Waals surface area contributed by atoms with Gasteiger partial charge in [0.15, 0.2) is 0 Å². The van der Waals surface area contributed by atoms with E-state index in [4.69, 9.17) is 0 Å².